The van der Waals surface area contributed by atoms with Crippen LogP contribution in [0.3, 0.4) is 0 Å². The van der Waals surface area contributed by atoms with Gasteiger partial charge >= 0.3 is 5.97 Å². The van der Waals surface area contributed by atoms with Crippen molar-refractivity contribution in [1.82, 2.24) is 4.90 Å². The van der Waals surface area contributed by atoms with E-state index in [1.165, 1.54) is 31.4 Å². The second kappa shape index (κ2) is 6.10. The van der Waals surface area contributed by atoms with Crippen LogP contribution in [0, 0.1) is 0 Å². The lowest BCUT2D eigenvalue weighted by Crippen LogP contribution is -2.51. The van der Waals surface area contributed by atoms with Crippen LogP contribution < -0.4 is 0 Å². The molecule has 1 amide bonds. The molecular formula is C16H19NO3S. The summed E-state index contributed by atoms with van der Waals surface area (Å²) in [5.74, 6) is 0.0833. The van der Waals surface area contributed by atoms with E-state index in [1.807, 2.05) is 16.7 Å². The molecule has 2 aliphatic rings. The highest BCUT2D eigenvalue weighted by Crippen LogP contribution is 2.36. The predicted octanol–water partition coefficient (Wildman–Crippen LogP) is 2.89. The Labute approximate surface area is 128 Å². The molecule has 2 fully saturated rings. The number of aromatic carboxylic acids is 1. The summed E-state index contributed by atoms with van der Waals surface area (Å²) < 4.78 is 0. The molecule has 1 heterocycles. The lowest BCUT2D eigenvalue weighted by Gasteiger charge is -2.43. The number of fused-ring (bicyclic) bond motifs is 1. The molecule has 1 aliphatic heterocycles. The summed E-state index contributed by atoms with van der Waals surface area (Å²) in [6.45, 7) is 0.797. The maximum atomic E-state index is 12.7. The van der Waals surface area contributed by atoms with Crippen molar-refractivity contribution < 1.29 is 14.7 Å². The molecule has 0 bridgehead atoms. The summed E-state index contributed by atoms with van der Waals surface area (Å²) in [5, 5.41) is 9.50. The van der Waals surface area contributed by atoms with Crippen molar-refractivity contribution in [3.63, 3.8) is 0 Å². The Balaban J connectivity index is 1.78. The van der Waals surface area contributed by atoms with Crippen LogP contribution in [0.25, 0.3) is 0 Å². The minimum Gasteiger partial charge on any atom is -0.478 e. The van der Waals surface area contributed by atoms with Crippen molar-refractivity contribution in [2.75, 3.05) is 12.3 Å². The number of amides is 1. The third kappa shape index (κ3) is 2.93. The molecule has 1 N–H and O–H groups in total. The summed E-state index contributed by atoms with van der Waals surface area (Å²) >= 11 is 2.00. The molecule has 3 rings (SSSR count). The van der Waals surface area contributed by atoms with Crippen LogP contribution in [0.1, 0.15) is 46.4 Å². The Morgan fingerprint density at radius 1 is 1.10 bits per heavy atom. The van der Waals surface area contributed by atoms with E-state index in [-0.39, 0.29) is 11.5 Å². The number of carboxylic acid groups (broad SMARTS) is 1. The minimum absolute atomic E-state index is 0.0455. The smallest absolute Gasteiger partial charge is 0.335 e. The average Bonchev–Trinajstić information content (AvgIpc) is 2.53. The Kier molecular flexibility index (Phi) is 4.19. The monoisotopic (exact) mass is 305 g/mol. The van der Waals surface area contributed by atoms with E-state index >= 15 is 0 Å². The largest absolute Gasteiger partial charge is 0.478 e. The van der Waals surface area contributed by atoms with Crippen molar-refractivity contribution in [3.05, 3.63) is 35.4 Å². The molecule has 2 atom stereocenters. The summed E-state index contributed by atoms with van der Waals surface area (Å²) in [4.78, 5) is 25.6. The van der Waals surface area contributed by atoms with E-state index in [4.69, 9.17) is 5.11 Å². The molecule has 0 radical (unpaired) electrons. The van der Waals surface area contributed by atoms with Gasteiger partial charge in [0, 0.05) is 29.2 Å². The molecule has 1 aromatic rings. The highest BCUT2D eigenvalue weighted by molar-refractivity contribution is 8.00. The molecule has 0 aromatic heterocycles. The van der Waals surface area contributed by atoms with Crippen LogP contribution in [0.5, 0.6) is 0 Å². The van der Waals surface area contributed by atoms with E-state index in [1.54, 1.807) is 12.1 Å². The molecule has 1 saturated carbocycles. The Bertz CT molecular complexity index is 541. The van der Waals surface area contributed by atoms with E-state index in [0.717, 1.165) is 18.7 Å². The number of thioether (sulfide) groups is 1. The van der Waals surface area contributed by atoms with Crippen molar-refractivity contribution in [2.24, 2.45) is 0 Å². The SMILES string of the molecule is O=C(O)c1ccc(C(=O)N2CCSC3CCCCC32)cc1. The van der Waals surface area contributed by atoms with E-state index in [0.29, 0.717) is 16.9 Å². The number of carboxylic acids is 1. The fraction of sp³-hybridized carbons (Fsp3) is 0.500. The van der Waals surface area contributed by atoms with Gasteiger partial charge in [-0.3, -0.25) is 4.79 Å². The molecule has 4 nitrogen and oxygen atoms in total. The van der Waals surface area contributed by atoms with Crippen LogP contribution in [0.15, 0.2) is 24.3 Å². The fourth-order valence-electron chi connectivity index (χ4n) is 3.27. The van der Waals surface area contributed by atoms with Gasteiger partial charge in [-0.2, -0.15) is 11.8 Å². The first-order valence-corrected chi connectivity index (χ1v) is 8.47. The van der Waals surface area contributed by atoms with Gasteiger partial charge in [0.2, 0.25) is 0 Å². The van der Waals surface area contributed by atoms with E-state index in [9.17, 15) is 9.59 Å². The number of nitrogens with zero attached hydrogens (tertiary/aromatic N) is 1. The summed E-state index contributed by atoms with van der Waals surface area (Å²) in [6.07, 6.45) is 4.76. The molecule has 2 unspecified atom stereocenters. The highest BCUT2D eigenvalue weighted by atomic mass is 32.2. The van der Waals surface area contributed by atoms with Crippen LogP contribution in [0.4, 0.5) is 0 Å². The quantitative estimate of drug-likeness (QED) is 0.913. The fourth-order valence-corrected chi connectivity index (χ4v) is 4.71. The average molecular weight is 305 g/mol. The van der Waals surface area contributed by atoms with Gasteiger partial charge in [0.15, 0.2) is 0 Å². The first-order valence-electron chi connectivity index (χ1n) is 7.43. The van der Waals surface area contributed by atoms with Gasteiger partial charge in [0.25, 0.3) is 5.91 Å². The van der Waals surface area contributed by atoms with Gasteiger partial charge in [-0.25, -0.2) is 4.79 Å². The van der Waals surface area contributed by atoms with Crippen molar-refractivity contribution >= 4 is 23.6 Å². The third-order valence-electron chi connectivity index (χ3n) is 4.37. The number of carbonyl (C=O) groups is 2. The van der Waals surface area contributed by atoms with Gasteiger partial charge in [-0.15, -0.1) is 0 Å². The maximum absolute atomic E-state index is 12.7. The van der Waals surface area contributed by atoms with Crippen molar-refractivity contribution in [3.8, 4) is 0 Å². The highest BCUT2D eigenvalue weighted by Gasteiger charge is 2.36. The lowest BCUT2D eigenvalue weighted by molar-refractivity contribution is 0.0643. The van der Waals surface area contributed by atoms with Crippen LogP contribution in [-0.2, 0) is 0 Å². The van der Waals surface area contributed by atoms with Crippen molar-refractivity contribution in [1.29, 1.82) is 0 Å². The lowest BCUT2D eigenvalue weighted by atomic mass is 9.92. The Morgan fingerprint density at radius 3 is 2.48 bits per heavy atom. The standard InChI is InChI=1S/C16H19NO3S/c18-15(11-5-7-12(8-6-11)16(19)20)17-9-10-21-14-4-2-1-3-13(14)17/h5-8,13-14H,1-4,9-10H2,(H,19,20). The molecule has 1 saturated heterocycles. The third-order valence-corrected chi connectivity index (χ3v) is 5.77. The number of hydrogen-bond donors (Lipinski definition) is 1. The van der Waals surface area contributed by atoms with E-state index < -0.39 is 5.97 Å². The predicted molar refractivity (Wildman–Crippen MR) is 82.9 cm³/mol. The molecular weight excluding hydrogens is 286 g/mol. The van der Waals surface area contributed by atoms with Gasteiger partial charge in [-0.05, 0) is 37.1 Å². The number of rotatable bonds is 2. The number of benzene rings is 1. The Morgan fingerprint density at radius 2 is 1.76 bits per heavy atom. The minimum atomic E-state index is -0.962. The first kappa shape index (κ1) is 14.4. The molecule has 1 aliphatic carbocycles. The summed E-state index contributed by atoms with van der Waals surface area (Å²) in [7, 11) is 0. The topological polar surface area (TPSA) is 57.6 Å². The summed E-state index contributed by atoms with van der Waals surface area (Å²) in [5.41, 5.74) is 0.813. The normalized spacial score (nSPS) is 25.2. The molecule has 21 heavy (non-hydrogen) atoms. The molecule has 0 spiro atoms. The zero-order valence-electron chi connectivity index (χ0n) is 11.8. The van der Waals surface area contributed by atoms with Gasteiger partial charge in [0.1, 0.15) is 0 Å². The van der Waals surface area contributed by atoms with Gasteiger partial charge in [0.05, 0.1) is 5.56 Å². The van der Waals surface area contributed by atoms with Gasteiger partial charge in [-0.1, -0.05) is 12.8 Å². The molecule has 112 valence electrons. The second-order valence-corrected chi connectivity index (χ2v) is 6.99. The Hall–Kier alpha value is -1.49. The van der Waals surface area contributed by atoms with Crippen LogP contribution in [-0.4, -0.2) is 45.5 Å². The molecule has 5 heteroatoms. The van der Waals surface area contributed by atoms with Crippen LogP contribution >= 0.6 is 11.8 Å². The zero-order valence-corrected chi connectivity index (χ0v) is 12.6. The summed E-state index contributed by atoms with van der Waals surface area (Å²) in [6, 6.07) is 6.62. The van der Waals surface area contributed by atoms with Crippen molar-refractivity contribution in [2.45, 2.75) is 37.0 Å². The number of hydrogen-bond acceptors (Lipinski definition) is 3. The molecule has 1 aromatic carbocycles. The zero-order chi connectivity index (χ0) is 14.8. The first-order chi connectivity index (χ1) is 10.2. The number of carbonyl (C=O) groups excluding carboxylic acids is 1. The maximum Gasteiger partial charge on any atom is 0.335 e. The van der Waals surface area contributed by atoms with Gasteiger partial charge < -0.3 is 10.0 Å². The second-order valence-electron chi connectivity index (χ2n) is 5.64. The van der Waals surface area contributed by atoms with Crippen LogP contribution in [0.2, 0.25) is 0 Å². The van der Waals surface area contributed by atoms with E-state index in [2.05, 4.69) is 0 Å².